The highest BCUT2D eigenvalue weighted by molar-refractivity contribution is 6.31. The number of nitrogens with two attached hydrogens (primary N) is 1. The minimum Gasteiger partial charge on any atom is -0.381 e. The molecule has 0 radical (unpaired) electrons. The second kappa shape index (κ2) is 8.56. The van der Waals surface area contributed by atoms with Crippen LogP contribution < -0.4 is 11.1 Å². The first-order valence-corrected chi connectivity index (χ1v) is 9.49. The Morgan fingerprint density at radius 3 is 2.69 bits per heavy atom. The molecular weight excluding hydrogens is 346 g/mol. The number of nitrogens with one attached hydrogen (secondary N) is 1. The van der Waals surface area contributed by atoms with Crippen LogP contribution in [0.15, 0.2) is 53.5 Å². The van der Waals surface area contributed by atoms with E-state index in [0.29, 0.717) is 25.7 Å². The van der Waals surface area contributed by atoms with Crippen LogP contribution in [0.5, 0.6) is 0 Å². The molecule has 3 N–H and O–H groups in total. The van der Waals surface area contributed by atoms with E-state index in [9.17, 15) is 0 Å². The van der Waals surface area contributed by atoms with Gasteiger partial charge in [0, 0.05) is 29.3 Å². The molecule has 0 amide bonds. The van der Waals surface area contributed by atoms with Crippen LogP contribution in [0.3, 0.4) is 0 Å². The predicted octanol–water partition coefficient (Wildman–Crippen LogP) is 4.38. The van der Waals surface area contributed by atoms with Crippen molar-refractivity contribution in [1.82, 2.24) is 0 Å². The number of aliphatic imine (C=N–C) groups is 1. The van der Waals surface area contributed by atoms with Crippen molar-refractivity contribution >= 4 is 23.2 Å². The Morgan fingerprint density at radius 1 is 1.19 bits per heavy atom. The third-order valence-corrected chi connectivity index (χ3v) is 5.38. The molecule has 1 aliphatic heterocycles. The summed E-state index contributed by atoms with van der Waals surface area (Å²) in [7, 11) is 0. The molecule has 5 heteroatoms. The molecule has 2 aromatic carbocycles. The maximum absolute atomic E-state index is 6.49. The van der Waals surface area contributed by atoms with Gasteiger partial charge < -0.3 is 15.8 Å². The number of hydrogen-bond donors (Lipinski definition) is 2. The lowest BCUT2D eigenvalue weighted by molar-refractivity contribution is 0.0532. The molecule has 3 rings (SSSR count). The molecule has 1 heterocycles. The highest BCUT2D eigenvalue weighted by Crippen LogP contribution is 2.38. The van der Waals surface area contributed by atoms with Gasteiger partial charge in [-0.3, -0.25) is 4.99 Å². The van der Waals surface area contributed by atoms with Crippen LogP contribution in [0.25, 0.3) is 0 Å². The van der Waals surface area contributed by atoms with Gasteiger partial charge in [-0.2, -0.15) is 0 Å². The lowest BCUT2D eigenvalue weighted by Gasteiger charge is -2.37. The summed E-state index contributed by atoms with van der Waals surface area (Å²) >= 11 is 6.49. The van der Waals surface area contributed by atoms with Gasteiger partial charge in [0.25, 0.3) is 0 Å². The van der Waals surface area contributed by atoms with E-state index >= 15 is 0 Å². The summed E-state index contributed by atoms with van der Waals surface area (Å²) in [4.78, 5) is 4.66. The molecule has 4 nitrogen and oxygen atoms in total. The molecular formula is C21H26ClN3O. The fourth-order valence-electron chi connectivity index (χ4n) is 3.46. The largest absolute Gasteiger partial charge is 0.381 e. The number of anilines is 1. The molecule has 1 aliphatic rings. The first-order valence-electron chi connectivity index (χ1n) is 9.11. The fraction of sp³-hybridized carbons (Fsp3) is 0.381. The first-order chi connectivity index (χ1) is 12.6. The van der Waals surface area contributed by atoms with Crippen molar-refractivity contribution in [3.05, 3.63) is 64.7 Å². The van der Waals surface area contributed by atoms with E-state index in [0.717, 1.165) is 35.5 Å². The van der Waals surface area contributed by atoms with E-state index < -0.39 is 0 Å². The van der Waals surface area contributed by atoms with E-state index in [1.54, 1.807) is 0 Å². The summed E-state index contributed by atoms with van der Waals surface area (Å²) in [5, 5.41) is 3.99. The minimum atomic E-state index is -0.131. The van der Waals surface area contributed by atoms with Gasteiger partial charge in [-0.25, -0.2) is 0 Å². The van der Waals surface area contributed by atoms with Crippen LogP contribution in [-0.2, 0) is 16.6 Å². The molecule has 0 bridgehead atoms. The van der Waals surface area contributed by atoms with Crippen molar-refractivity contribution in [3.63, 3.8) is 0 Å². The predicted molar refractivity (Wildman–Crippen MR) is 109 cm³/mol. The Balaban J connectivity index is 1.78. The van der Waals surface area contributed by atoms with Gasteiger partial charge in [-0.05, 0) is 48.6 Å². The van der Waals surface area contributed by atoms with Crippen molar-refractivity contribution in [2.24, 2.45) is 10.7 Å². The van der Waals surface area contributed by atoms with Crippen LogP contribution in [-0.4, -0.2) is 25.7 Å². The Kier molecular flexibility index (Phi) is 6.17. The lowest BCUT2D eigenvalue weighted by atomic mass is 9.74. The molecule has 0 spiro atoms. The van der Waals surface area contributed by atoms with Gasteiger partial charge in [0.15, 0.2) is 5.96 Å². The van der Waals surface area contributed by atoms with Crippen LogP contribution in [0.2, 0.25) is 5.02 Å². The van der Waals surface area contributed by atoms with Gasteiger partial charge in [-0.1, -0.05) is 48.9 Å². The molecule has 0 atom stereocenters. The standard InChI is InChI=1S/C21H26ClN3O/c1-2-16-6-5-7-17(14-16)25-20(23)24-15-21(10-12-26-13-11-21)18-8-3-4-9-19(18)22/h3-9,14H,2,10-13,15H2,1H3,(H3,23,24,25). The van der Waals surface area contributed by atoms with E-state index in [2.05, 4.69) is 35.4 Å². The topological polar surface area (TPSA) is 59.6 Å². The Bertz CT molecular complexity index is 769. The molecule has 138 valence electrons. The third kappa shape index (κ3) is 4.37. The maximum Gasteiger partial charge on any atom is 0.193 e. The van der Waals surface area contributed by atoms with Crippen LogP contribution in [0, 0.1) is 0 Å². The zero-order valence-corrected chi connectivity index (χ0v) is 15.9. The Hall–Kier alpha value is -2.04. The van der Waals surface area contributed by atoms with E-state index in [4.69, 9.17) is 22.1 Å². The number of nitrogens with zero attached hydrogens (tertiary/aromatic N) is 1. The van der Waals surface area contributed by atoms with Crippen LogP contribution in [0.4, 0.5) is 5.69 Å². The van der Waals surface area contributed by atoms with Crippen molar-refractivity contribution in [3.8, 4) is 0 Å². The molecule has 0 unspecified atom stereocenters. The maximum atomic E-state index is 6.49. The third-order valence-electron chi connectivity index (χ3n) is 5.05. The Morgan fingerprint density at radius 2 is 1.96 bits per heavy atom. The van der Waals surface area contributed by atoms with Crippen LogP contribution in [0.1, 0.15) is 30.9 Å². The van der Waals surface area contributed by atoms with Crippen molar-refractivity contribution in [1.29, 1.82) is 0 Å². The number of rotatable bonds is 5. The highest BCUT2D eigenvalue weighted by atomic mass is 35.5. The quantitative estimate of drug-likeness (QED) is 0.605. The van der Waals surface area contributed by atoms with E-state index in [1.165, 1.54) is 5.56 Å². The average molecular weight is 372 g/mol. The van der Waals surface area contributed by atoms with Crippen LogP contribution >= 0.6 is 11.6 Å². The van der Waals surface area contributed by atoms with E-state index in [1.807, 2.05) is 30.3 Å². The average Bonchev–Trinajstić information content (AvgIpc) is 2.67. The summed E-state index contributed by atoms with van der Waals surface area (Å²) in [5.41, 5.74) is 9.39. The molecule has 0 aliphatic carbocycles. The SMILES string of the molecule is CCc1cccc(NC(N)=NCC2(c3ccccc3Cl)CCOCC2)c1. The zero-order chi connectivity index (χ0) is 18.4. The Labute approximate surface area is 160 Å². The van der Waals surface area contributed by atoms with Gasteiger partial charge in [0.05, 0.1) is 6.54 Å². The van der Waals surface area contributed by atoms with Gasteiger partial charge in [0.1, 0.15) is 0 Å². The second-order valence-corrected chi connectivity index (χ2v) is 7.16. The molecule has 2 aromatic rings. The highest BCUT2D eigenvalue weighted by Gasteiger charge is 2.35. The lowest BCUT2D eigenvalue weighted by Crippen LogP contribution is -2.38. The summed E-state index contributed by atoms with van der Waals surface area (Å²) < 4.78 is 5.58. The second-order valence-electron chi connectivity index (χ2n) is 6.75. The summed E-state index contributed by atoms with van der Waals surface area (Å²) in [6.07, 6.45) is 2.76. The zero-order valence-electron chi connectivity index (χ0n) is 15.2. The minimum absolute atomic E-state index is 0.131. The van der Waals surface area contributed by atoms with Crippen molar-refractivity contribution < 1.29 is 4.74 Å². The summed E-state index contributed by atoms with van der Waals surface area (Å²) in [5.74, 6) is 0.427. The van der Waals surface area contributed by atoms with Gasteiger partial charge in [0.2, 0.25) is 0 Å². The molecule has 1 fully saturated rings. The normalized spacial score (nSPS) is 17.1. The summed E-state index contributed by atoms with van der Waals surface area (Å²) in [6, 6.07) is 16.2. The van der Waals surface area contributed by atoms with Crippen molar-refractivity contribution in [2.45, 2.75) is 31.6 Å². The van der Waals surface area contributed by atoms with Gasteiger partial charge in [-0.15, -0.1) is 0 Å². The first kappa shape index (κ1) is 18.7. The number of aryl methyl sites for hydroxylation is 1. The monoisotopic (exact) mass is 371 g/mol. The molecule has 26 heavy (non-hydrogen) atoms. The number of guanidine groups is 1. The number of ether oxygens (including phenoxy) is 1. The number of benzene rings is 2. The van der Waals surface area contributed by atoms with Gasteiger partial charge >= 0.3 is 0 Å². The van der Waals surface area contributed by atoms with Crippen molar-refractivity contribution in [2.75, 3.05) is 25.1 Å². The molecule has 1 saturated heterocycles. The van der Waals surface area contributed by atoms with E-state index in [-0.39, 0.29) is 5.41 Å². The summed E-state index contributed by atoms with van der Waals surface area (Å²) in [6.45, 7) is 4.15. The number of hydrogen-bond acceptors (Lipinski definition) is 2. The molecule has 0 aromatic heterocycles. The smallest absolute Gasteiger partial charge is 0.193 e. The fourth-order valence-corrected chi connectivity index (χ4v) is 3.80. The number of halogens is 1. The molecule has 0 saturated carbocycles.